The van der Waals surface area contributed by atoms with E-state index in [-0.39, 0.29) is 17.9 Å². The van der Waals surface area contributed by atoms with Gasteiger partial charge in [-0.05, 0) is 62.9 Å². The molecule has 1 unspecified atom stereocenters. The lowest BCUT2D eigenvalue weighted by molar-refractivity contribution is 0.0946. The van der Waals surface area contributed by atoms with Gasteiger partial charge >= 0.3 is 6.03 Å². The minimum absolute atomic E-state index is 0.121. The van der Waals surface area contributed by atoms with Gasteiger partial charge in [0.05, 0.1) is 5.69 Å². The molecular formula is C20H27N5O2. The van der Waals surface area contributed by atoms with Gasteiger partial charge in [-0.1, -0.05) is 6.92 Å². The van der Waals surface area contributed by atoms with E-state index in [0.29, 0.717) is 23.8 Å². The normalized spacial score (nSPS) is 14.5. The molecule has 1 saturated carbocycles. The molecule has 0 radical (unpaired) electrons. The Morgan fingerprint density at radius 1 is 1.22 bits per heavy atom. The summed E-state index contributed by atoms with van der Waals surface area (Å²) in [6.45, 7) is 7.43. The molecule has 0 saturated heterocycles. The Labute approximate surface area is 159 Å². The molecule has 0 bridgehead atoms. The van der Waals surface area contributed by atoms with E-state index >= 15 is 0 Å². The van der Waals surface area contributed by atoms with Gasteiger partial charge in [0.25, 0.3) is 5.91 Å². The topological polar surface area (TPSA) is 88.0 Å². The first kappa shape index (κ1) is 18.9. The van der Waals surface area contributed by atoms with Crippen LogP contribution in [-0.2, 0) is 6.54 Å². The Morgan fingerprint density at radius 2 is 1.93 bits per heavy atom. The lowest BCUT2D eigenvalue weighted by Crippen LogP contribution is -2.31. The number of carbonyl (C=O) groups is 2. The van der Waals surface area contributed by atoms with E-state index < -0.39 is 0 Å². The number of hydrogen-bond donors (Lipinski definition) is 3. The van der Waals surface area contributed by atoms with Crippen LogP contribution < -0.4 is 16.0 Å². The van der Waals surface area contributed by atoms with Crippen LogP contribution in [0.4, 0.5) is 10.5 Å². The number of urea groups is 1. The summed E-state index contributed by atoms with van der Waals surface area (Å²) in [4.78, 5) is 24.1. The van der Waals surface area contributed by atoms with Crippen molar-refractivity contribution >= 4 is 17.6 Å². The number of amides is 3. The van der Waals surface area contributed by atoms with Gasteiger partial charge in [0.15, 0.2) is 0 Å². The number of benzene rings is 1. The standard InChI is InChI=1S/C20H27N5O2/c1-13(12-25-15(3)10-14(2)24-25)11-21-19(26)16-4-6-17(7-5-16)22-20(27)23-18-8-9-18/h4-7,10,13,18H,8-9,11-12H2,1-3H3,(H,21,26)(H2,22,23,27). The second-order valence-corrected chi connectivity index (χ2v) is 7.37. The SMILES string of the molecule is Cc1cc(C)n(CC(C)CNC(=O)c2ccc(NC(=O)NC3CC3)cc2)n1. The molecule has 0 spiro atoms. The molecule has 0 aliphatic heterocycles. The van der Waals surface area contributed by atoms with Gasteiger partial charge < -0.3 is 16.0 Å². The maximum Gasteiger partial charge on any atom is 0.319 e. The second-order valence-electron chi connectivity index (χ2n) is 7.37. The highest BCUT2D eigenvalue weighted by Crippen LogP contribution is 2.19. The molecule has 1 aromatic heterocycles. The van der Waals surface area contributed by atoms with E-state index in [4.69, 9.17) is 0 Å². The van der Waals surface area contributed by atoms with Crippen molar-refractivity contribution in [3.63, 3.8) is 0 Å². The summed E-state index contributed by atoms with van der Waals surface area (Å²) in [6.07, 6.45) is 2.09. The van der Waals surface area contributed by atoms with Crippen molar-refractivity contribution in [2.24, 2.45) is 5.92 Å². The highest BCUT2D eigenvalue weighted by Gasteiger charge is 2.23. The second kappa shape index (κ2) is 8.24. The third-order valence-electron chi connectivity index (χ3n) is 4.52. The molecular weight excluding hydrogens is 342 g/mol. The monoisotopic (exact) mass is 369 g/mol. The minimum Gasteiger partial charge on any atom is -0.352 e. The Hall–Kier alpha value is -2.83. The number of nitrogens with zero attached hydrogens (tertiary/aromatic N) is 2. The third-order valence-corrected chi connectivity index (χ3v) is 4.52. The number of anilines is 1. The van der Waals surface area contributed by atoms with E-state index in [1.54, 1.807) is 24.3 Å². The van der Waals surface area contributed by atoms with Crippen LogP contribution in [0.2, 0.25) is 0 Å². The van der Waals surface area contributed by atoms with Crippen molar-refractivity contribution in [1.29, 1.82) is 0 Å². The maximum absolute atomic E-state index is 12.3. The van der Waals surface area contributed by atoms with Crippen LogP contribution in [0.1, 0.15) is 41.5 Å². The quantitative estimate of drug-likeness (QED) is 0.701. The maximum atomic E-state index is 12.3. The molecule has 2 aromatic rings. The van der Waals surface area contributed by atoms with Crippen LogP contribution >= 0.6 is 0 Å². The van der Waals surface area contributed by atoms with E-state index in [0.717, 1.165) is 30.8 Å². The van der Waals surface area contributed by atoms with Gasteiger partial charge in [-0.25, -0.2) is 4.79 Å². The smallest absolute Gasteiger partial charge is 0.319 e. The lowest BCUT2D eigenvalue weighted by atomic mass is 10.1. The summed E-state index contributed by atoms with van der Waals surface area (Å²) >= 11 is 0. The highest BCUT2D eigenvalue weighted by molar-refractivity contribution is 5.95. The Bertz CT molecular complexity index is 808. The fourth-order valence-corrected chi connectivity index (χ4v) is 2.87. The largest absolute Gasteiger partial charge is 0.352 e. The number of rotatable bonds is 7. The van der Waals surface area contributed by atoms with Crippen LogP contribution in [0.25, 0.3) is 0 Å². The van der Waals surface area contributed by atoms with Gasteiger partial charge in [-0.3, -0.25) is 9.48 Å². The molecule has 27 heavy (non-hydrogen) atoms. The molecule has 7 heteroatoms. The molecule has 1 atom stereocenters. The van der Waals surface area contributed by atoms with E-state index in [2.05, 4.69) is 28.0 Å². The van der Waals surface area contributed by atoms with Gasteiger partial charge in [0, 0.05) is 36.1 Å². The third kappa shape index (κ3) is 5.57. The molecule has 144 valence electrons. The van der Waals surface area contributed by atoms with Crippen molar-refractivity contribution < 1.29 is 9.59 Å². The summed E-state index contributed by atoms with van der Waals surface area (Å²) in [5, 5.41) is 13.0. The van der Waals surface area contributed by atoms with Crippen molar-refractivity contribution in [1.82, 2.24) is 20.4 Å². The van der Waals surface area contributed by atoms with Crippen LogP contribution in [0, 0.1) is 19.8 Å². The molecule has 1 heterocycles. The molecule has 1 aliphatic carbocycles. The summed E-state index contributed by atoms with van der Waals surface area (Å²) in [7, 11) is 0. The van der Waals surface area contributed by atoms with Gasteiger partial charge in [0.1, 0.15) is 0 Å². The van der Waals surface area contributed by atoms with E-state index in [1.165, 1.54) is 0 Å². The molecule has 3 amide bonds. The van der Waals surface area contributed by atoms with Crippen LogP contribution in [0.3, 0.4) is 0 Å². The molecule has 3 rings (SSSR count). The number of aryl methyl sites for hydroxylation is 2. The summed E-state index contributed by atoms with van der Waals surface area (Å²) < 4.78 is 1.97. The Kier molecular flexibility index (Phi) is 5.78. The fraction of sp³-hybridized carbons (Fsp3) is 0.450. The van der Waals surface area contributed by atoms with Crippen molar-refractivity contribution in [2.75, 3.05) is 11.9 Å². The Balaban J connectivity index is 1.45. The van der Waals surface area contributed by atoms with Gasteiger partial charge in [-0.15, -0.1) is 0 Å². The lowest BCUT2D eigenvalue weighted by Gasteiger charge is -2.14. The summed E-state index contributed by atoms with van der Waals surface area (Å²) in [5.74, 6) is 0.142. The average molecular weight is 369 g/mol. The molecule has 7 nitrogen and oxygen atoms in total. The van der Waals surface area contributed by atoms with Crippen molar-refractivity contribution in [2.45, 2.75) is 46.2 Å². The zero-order valence-corrected chi connectivity index (χ0v) is 16.1. The van der Waals surface area contributed by atoms with Crippen LogP contribution in [0.5, 0.6) is 0 Å². The van der Waals surface area contributed by atoms with Crippen LogP contribution in [0.15, 0.2) is 30.3 Å². The van der Waals surface area contributed by atoms with Gasteiger partial charge in [0.2, 0.25) is 0 Å². The van der Waals surface area contributed by atoms with Gasteiger partial charge in [-0.2, -0.15) is 5.10 Å². The zero-order chi connectivity index (χ0) is 19.4. The molecule has 3 N–H and O–H groups in total. The summed E-state index contributed by atoms with van der Waals surface area (Å²) in [5.41, 5.74) is 3.37. The van der Waals surface area contributed by atoms with Crippen molar-refractivity contribution in [3.8, 4) is 0 Å². The molecule has 1 fully saturated rings. The molecule has 1 aliphatic rings. The first-order valence-corrected chi connectivity index (χ1v) is 9.37. The number of nitrogens with one attached hydrogen (secondary N) is 3. The number of carbonyl (C=O) groups excluding carboxylic acids is 2. The average Bonchev–Trinajstić information content (AvgIpc) is 3.37. The first-order chi connectivity index (χ1) is 12.9. The highest BCUT2D eigenvalue weighted by atomic mass is 16.2. The number of hydrogen-bond acceptors (Lipinski definition) is 3. The molecule has 1 aromatic carbocycles. The van der Waals surface area contributed by atoms with Crippen LogP contribution in [-0.4, -0.2) is 34.3 Å². The van der Waals surface area contributed by atoms with E-state index in [9.17, 15) is 9.59 Å². The Morgan fingerprint density at radius 3 is 2.52 bits per heavy atom. The van der Waals surface area contributed by atoms with Crippen molar-refractivity contribution in [3.05, 3.63) is 47.3 Å². The predicted octanol–water partition coefficient (Wildman–Crippen LogP) is 2.85. The minimum atomic E-state index is -0.201. The predicted molar refractivity (Wildman–Crippen MR) is 105 cm³/mol. The zero-order valence-electron chi connectivity index (χ0n) is 16.1. The number of aromatic nitrogens is 2. The summed E-state index contributed by atoms with van der Waals surface area (Å²) in [6, 6.07) is 9.06. The first-order valence-electron chi connectivity index (χ1n) is 9.37. The van der Waals surface area contributed by atoms with E-state index in [1.807, 2.05) is 24.6 Å². The fourth-order valence-electron chi connectivity index (χ4n) is 2.87.